The minimum atomic E-state index is -4.67. The predicted molar refractivity (Wildman–Crippen MR) is 88.2 cm³/mol. The molecule has 1 fully saturated rings. The van der Waals surface area contributed by atoms with Gasteiger partial charge in [-0.25, -0.2) is 8.42 Å². The van der Waals surface area contributed by atoms with Gasteiger partial charge in [-0.2, -0.15) is 17.5 Å². The molecule has 1 saturated carbocycles. The molecule has 7 nitrogen and oxygen atoms in total. The van der Waals surface area contributed by atoms with Crippen LogP contribution in [-0.4, -0.2) is 36.4 Å². The van der Waals surface area contributed by atoms with Crippen LogP contribution in [0.3, 0.4) is 0 Å². The molecule has 0 radical (unpaired) electrons. The van der Waals surface area contributed by atoms with Crippen LogP contribution in [0.15, 0.2) is 39.8 Å². The second kappa shape index (κ2) is 6.97. The number of carbonyl (C=O) groups excluding carboxylic acids is 1. The Bertz CT molecular complexity index is 952. The normalized spacial score (nSPS) is 15.1. The summed E-state index contributed by atoms with van der Waals surface area (Å²) in [5.41, 5.74) is -1.07. The van der Waals surface area contributed by atoms with Gasteiger partial charge >= 0.3 is 6.18 Å². The van der Waals surface area contributed by atoms with Crippen LogP contribution in [0.25, 0.3) is 0 Å². The highest BCUT2D eigenvalue weighted by Crippen LogP contribution is 2.34. The average Bonchev–Trinajstić information content (AvgIpc) is 3.34. The van der Waals surface area contributed by atoms with Crippen LogP contribution in [0.1, 0.15) is 24.2 Å². The number of rotatable bonds is 6. The first-order chi connectivity index (χ1) is 12.6. The maximum Gasteiger partial charge on any atom is 0.416 e. The molecule has 146 valence electrons. The van der Waals surface area contributed by atoms with E-state index in [1.54, 1.807) is 6.92 Å². The number of benzene rings is 1. The van der Waals surface area contributed by atoms with Gasteiger partial charge in [-0.1, -0.05) is 11.2 Å². The second-order valence-corrected chi connectivity index (χ2v) is 8.07. The lowest BCUT2D eigenvalue weighted by atomic mass is 10.2. The molecule has 11 heteroatoms. The molecule has 0 saturated heterocycles. The van der Waals surface area contributed by atoms with Gasteiger partial charge in [-0.05, 0) is 38.0 Å². The molecule has 1 aromatic carbocycles. The fourth-order valence-electron chi connectivity index (χ4n) is 2.49. The quantitative estimate of drug-likeness (QED) is 0.801. The molecule has 1 aliphatic carbocycles. The van der Waals surface area contributed by atoms with E-state index in [-0.39, 0.29) is 5.82 Å². The number of nitrogens with one attached hydrogen (secondary N) is 1. The standard InChI is InChI=1S/C16H16F3N3O4S/c1-10-7-14(21-26-10)20-15(23)9-22(12-5-6-12)27(24,25)13-4-2-3-11(8-13)16(17,18)19/h2-4,7-8,12H,5-6,9H2,1H3,(H,20,21,23). The molecule has 0 spiro atoms. The van der Waals surface area contributed by atoms with Crippen molar-refractivity contribution >= 4 is 21.7 Å². The van der Waals surface area contributed by atoms with Crippen molar-refractivity contribution in [3.8, 4) is 0 Å². The van der Waals surface area contributed by atoms with E-state index >= 15 is 0 Å². The third-order valence-corrected chi connectivity index (χ3v) is 5.81. The monoisotopic (exact) mass is 403 g/mol. The molecule has 0 bridgehead atoms. The van der Waals surface area contributed by atoms with Crippen molar-refractivity contribution in [3.63, 3.8) is 0 Å². The van der Waals surface area contributed by atoms with Crippen LogP contribution < -0.4 is 5.32 Å². The summed E-state index contributed by atoms with van der Waals surface area (Å²) in [7, 11) is -4.27. The van der Waals surface area contributed by atoms with E-state index in [0.717, 1.165) is 22.5 Å². The van der Waals surface area contributed by atoms with Gasteiger partial charge in [0.05, 0.1) is 17.0 Å². The molecule has 1 heterocycles. The second-order valence-electron chi connectivity index (χ2n) is 6.18. The lowest BCUT2D eigenvalue weighted by Crippen LogP contribution is -2.39. The van der Waals surface area contributed by atoms with Crippen molar-refractivity contribution in [2.24, 2.45) is 0 Å². The summed E-state index contributed by atoms with van der Waals surface area (Å²) >= 11 is 0. The molecule has 3 rings (SSSR count). The summed E-state index contributed by atoms with van der Waals surface area (Å²) < 4.78 is 70.1. The Kier molecular flexibility index (Phi) is 5.00. The third kappa shape index (κ3) is 4.48. The zero-order chi connectivity index (χ0) is 19.8. The summed E-state index contributed by atoms with van der Waals surface area (Å²) in [6, 6.07) is 4.51. The van der Waals surface area contributed by atoms with Crippen LogP contribution >= 0.6 is 0 Å². The molecule has 0 unspecified atom stereocenters. The highest BCUT2D eigenvalue weighted by molar-refractivity contribution is 7.89. The maximum atomic E-state index is 12.9. The van der Waals surface area contributed by atoms with Gasteiger partial charge in [-0.15, -0.1) is 0 Å². The van der Waals surface area contributed by atoms with Gasteiger partial charge in [0.1, 0.15) is 5.76 Å². The third-order valence-electron chi connectivity index (χ3n) is 3.92. The van der Waals surface area contributed by atoms with Crippen LogP contribution in [-0.2, 0) is 21.0 Å². The fraction of sp³-hybridized carbons (Fsp3) is 0.375. The van der Waals surface area contributed by atoms with E-state index in [2.05, 4.69) is 10.5 Å². The maximum absolute atomic E-state index is 12.9. The van der Waals surface area contributed by atoms with E-state index in [4.69, 9.17) is 4.52 Å². The first-order valence-corrected chi connectivity index (χ1v) is 9.43. The minimum absolute atomic E-state index is 0.129. The predicted octanol–water partition coefficient (Wildman–Crippen LogP) is 2.79. The Morgan fingerprint density at radius 2 is 2.04 bits per heavy atom. The van der Waals surface area contributed by atoms with Gasteiger partial charge in [-0.3, -0.25) is 4.79 Å². The molecule has 1 aromatic heterocycles. The number of nitrogens with zero attached hydrogens (tertiary/aromatic N) is 2. The van der Waals surface area contributed by atoms with Crippen molar-refractivity contribution < 1.29 is 30.9 Å². The number of hydrogen-bond donors (Lipinski definition) is 1. The number of anilines is 1. The zero-order valence-corrected chi connectivity index (χ0v) is 15.0. The highest BCUT2D eigenvalue weighted by atomic mass is 32.2. The number of alkyl halides is 3. The number of hydrogen-bond acceptors (Lipinski definition) is 5. The Hall–Kier alpha value is -2.40. The van der Waals surface area contributed by atoms with Gasteiger partial charge in [0.2, 0.25) is 15.9 Å². The van der Waals surface area contributed by atoms with Gasteiger partial charge in [0.15, 0.2) is 5.82 Å². The minimum Gasteiger partial charge on any atom is -0.360 e. The summed E-state index contributed by atoms with van der Waals surface area (Å²) in [6.45, 7) is 1.09. The number of amides is 1. The van der Waals surface area contributed by atoms with Crippen LogP contribution in [0.5, 0.6) is 0 Å². The number of aromatic nitrogens is 1. The molecule has 1 amide bonds. The van der Waals surface area contributed by atoms with Crippen molar-refractivity contribution in [1.29, 1.82) is 0 Å². The molecule has 2 aromatic rings. The topological polar surface area (TPSA) is 92.5 Å². The lowest BCUT2D eigenvalue weighted by Gasteiger charge is -2.21. The number of carbonyl (C=O) groups is 1. The van der Waals surface area contributed by atoms with Crippen LogP contribution in [0.4, 0.5) is 19.0 Å². The summed E-state index contributed by atoms with van der Waals surface area (Å²) in [5, 5.41) is 5.99. The molecule has 0 aliphatic heterocycles. The van der Waals surface area contributed by atoms with E-state index < -0.39 is 45.2 Å². The molecular formula is C16H16F3N3O4S. The molecule has 1 N–H and O–H groups in total. The highest BCUT2D eigenvalue weighted by Gasteiger charge is 2.40. The summed E-state index contributed by atoms with van der Waals surface area (Å²) in [6.07, 6.45) is -3.60. The fourth-order valence-corrected chi connectivity index (χ4v) is 4.18. The smallest absolute Gasteiger partial charge is 0.360 e. The van der Waals surface area contributed by atoms with Gasteiger partial charge in [0.25, 0.3) is 0 Å². The van der Waals surface area contributed by atoms with E-state index in [0.29, 0.717) is 24.7 Å². The molecular weight excluding hydrogens is 387 g/mol. The Labute approximate surface area is 153 Å². The first kappa shape index (κ1) is 19.4. The zero-order valence-electron chi connectivity index (χ0n) is 14.2. The number of sulfonamides is 1. The van der Waals surface area contributed by atoms with Gasteiger partial charge < -0.3 is 9.84 Å². The van der Waals surface area contributed by atoms with Crippen molar-refractivity contribution in [2.45, 2.75) is 36.9 Å². The Morgan fingerprint density at radius 3 is 2.59 bits per heavy atom. The van der Waals surface area contributed by atoms with Crippen molar-refractivity contribution in [1.82, 2.24) is 9.46 Å². The van der Waals surface area contributed by atoms with Crippen molar-refractivity contribution in [3.05, 3.63) is 41.7 Å². The Morgan fingerprint density at radius 1 is 1.33 bits per heavy atom. The van der Waals surface area contributed by atoms with E-state index in [1.165, 1.54) is 6.07 Å². The van der Waals surface area contributed by atoms with E-state index in [9.17, 15) is 26.4 Å². The molecule has 0 atom stereocenters. The van der Waals surface area contributed by atoms with Gasteiger partial charge in [0, 0.05) is 12.1 Å². The Balaban J connectivity index is 1.82. The lowest BCUT2D eigenvalue weighted by molar-refractivity contribution is -0.137. The largest absolute Gasteiger partial charge is 0.416 e. The van der Waals surface area contributed by atoms with E-state index in [1.807, 2.05) is 0 Å². The number of aryl methyl sites for hydroxylation is 1. The number of halogens is 3. The molecule has 1 aliphatic rings. The van der Waals surface area contributed by atoms with Crippen LogP contribution in [0, 0.1) is 6.92 Å². The summed E-state index contributed by atoms with van der Waals surface area (Å²) in [4.78, 5) is 11.7. The first-order valence-electron chi connectivity index (χ1n) is 7.99. The SMILES string of the molecule is Cc1cc(NC(=O)CN(C2CC2)S(=O)(=O)c2cccc(C(F)(F)F)c2)no1. The summed E-state index contributed by atoms with van der Waals surface area (Å²) in [5.74, 6) is -0.0728. The van der Waals surface area contributed by atoms with Crippen molar-refractivity contribution in [2.75, 3.05) is 11.9 Å². The van der Waals surface area contributed by atoms with Crippen LogP contribution in [0.2, 0.25) is 0 Å². The average molecular weight is 403 g/mol. The molecule has 27 heavy (non-hydrogen) atoms.